The van der Waals surface area contributed by atoms with Gasteiger partial charge in [-0.2, -0.15) is 5.26 Å². The average molecular weight is 448 g/mol. The second-order valence-corrected chi connectivity index (χ2v) is 9.52. The topological polar surface area (TPSA) is 76.4 Å². The molecular weight excluding hydrogens is 422 g/mol. The number of aryl methyl sites for hydroxylation is 3. The van der Waals surface area contributed by atoms with Crippen LogP contribution >= 0.6 is 0 Å². The third-order valence-electron chi connectivity index (χ3n) is 4.91. The standard InChI is InChI=1S/C26H25NO4S/c1-18-8-10-23(11-9-18)32(28,29)24(16-27)15-22-6-5-7-25(30-4)26(22)31-17-21-13-19(2)12-20(3)14-21/h5-15H,17H2,1-4H3. The van der Waals surface area contributed by atoms with Gasteiger partial charge in [-0.1, -0.05) is 59.2 Å². The Kier molecular flexibility index (Phi) is 7.01. The first kappa shape index (κ1) is 23.1. The van der Waals surface area contributed by atoms with E-state index in [2.05, 4.69) is 6.07 Å². The van der Waals surface area contributed by atoms with Crippen molar-refractivity contribution in [2.45, 2.75) is 32.3 Å². The molecule has 5 nitrogen and oxygen atoms in total. The Bertz CT molecular complexity index is 1280. The summed E-state index contributed by atoms with van der Waals surface area (Å²) in [6.45, 7) is 6.18. The number of ether oxygens (including phenoxy) is 2. The molecule has 0 spiro atoms. The van der Waals surface area contributed by atoms with Gasteiger partial charge < -0.3 is 9.47 Å². The van der Waals surface area contributed by atoms with E-state index in [1.807, 2.05) is 39.0 Å². The lowest BCUT2D eigenvalue weighted by molar-refractivity contribution is 0.284. The largest absolute Gasteiger partial charge is 0.493 e. The van der Waals surface area contributed by atoms with Crippen LogP contribution in [0.1, 0.15) is 27.8 Å². The van der Waals surface area contributed by atoms with E-state index in [9.17, 15) is 13.7 Å². The number of nitriles is 1. The molecule has 0 unspecified atom stereocenters. The first-order chi connectivity index (χ1) is 15.2. The minimum Gasteiger partial charge on any atom is -0.493 e. The second kappa shape index (κ2) is 9.71. The van der Waals surface area contributed by atoms with Crippen molar-refractivity contribution in [2.75, 3.05) is 7.11 Å². The van der Waals surface area contributed by atoms with E-state index in [4.69, 9.17) is 9.47 Å². The van der Waals surface area contributed by atoms with Crippen molar-refractivity contribution in [2.24, 2.45) is 0 Å². The number of benzene rings is 3. The highest BCUT2D eigenvalue weighted by atomic mass is 32.2. The van der Waals surface area contributed by atoms with E-state index in [-0.39, 0.29) is 16.4 Å². The van der Waals surface area contributed by atoms with Gasteiger partial charge >= 0.3 is 0 Å². The van der Waals surface area contributed by atoms with E-state index in [1.165, 1.54) is 25.3 Å². The van der Waals surface area contributed by atoms with Gasteiger partial charge in [-0.05, 0) is 50.6 Å². The van der Waals surface area contributed by atoms with Gasteiger partial charge in [0.2, 0.25) is 9.84 Å². The van der Waals surface area contributed by atoms with Crippen LogP contribution in [0.2, 0.25) is 0 Å². The Balaban J connectivity index is 2.02. The minimum absolute atomic E-state index is 0.0662. The van der Waals surface area contributed by atoms with Gasteiger partial charge in [0.15, 0.2) is 11.5 Å². The fourth-order valence-electron chi connectivity index (χ4n) is 3.43. The van der Waals surface area contributed by atoms with E-state index >= 15 is 0 Å². The van der Waals surface area contributed by atoms with E-state index < -0.39 is 9.84 Å². The number of nitrogens with zero attached hydrogens (tertiary/aromatic N) is 1. The SMILES string of the molecule is COc1cccc(C=C(C#N)S(=O)(=O)c2ccc(C)cc2)c1OCc1cc(C)cc(C)c1. The Labute approximate surface area is 189 Å². The smallest absolute Gasteiger partial charge is 0.216 e. The van der Waals surface area contributed by atoms with Crippen molar-refractivity contribution in [1.82, 2.24) is 0 Å². The average Bonchev–Trinajstić information content (AvgIpc) is 2.75. The van der Waals surface area contributed by atoms with Gasteiger partial charge in [-0.25, -0.2) is 8.42 Å². The number of sulfone groups is 1. The van der Waals surface area contributed by atoms with Gasteiger partial charge in [0.25, 0.3) is 0 Å². The number of hydrogen-bond acceptors (Lipinski definition) is 5. The van der Waals surface area contributed by atoms with Crippen LogP contribution < -0.4 is 9.47 Å². The maximum absolute atomic E-state index is 13.0. The van der Waals surface area contributed by atoms with Crippen molar-refractivity contribution in [3.63, 3.8) is 0 Å². The van der Waals surface area contributed by atoms with E-state index in [0.717, 1.165) is 22.3 Å². The zero-order chi connectivity index (χ0) is 23.3. The summed E-state index contributed by atoms with van der Waals surface area (Å²) in [7, 11) is -2.46. The molecule has 0 bridgehead atoms. The molecule has 0 aromatic heterocycles. The molecule has 0 N–H and O–H groups in total. The Morgan fingerprint density at radius 1 is 0.969 bits per heavy atom. The fourth-order valence-corrected chi connectivity index (χ4v) is 4.58. The molecule has 3 aromatic carbocycles. The summed E-state index contributed by atoms with van der Waals surface area (Å²) in [5.74, 6) is 0.828. The third-order valence-corrected chi connectivity index (χ3v) is 6.59. The summed E-state index contributed by atoms with van der Waals surface area (Å²) in [6, 6.07) is 19.5. The van der Waals surface area contributed by atoms with Gasteiger partial charge in [0, 0.05) is 5.56 Å². The lowest BCUT2D eigenvalue weighted by Gasteiger charge is -2.14. The van der Waals surface area contributed by atoms with Crippen molar-refractivity contribution in [3.8, 4) is 17.6 Å². The predicted octanol–water partition coefficient (Wildman–Crippen LogP) is 5.54. The van der Waals surface area contributed by atoms with Crippen LogP contribution in [0.4, 0.5) is 0 Å². The maximum atomic E-state index is 13.0. The molecule has 6 heteroatoms. The molecule has 0 saturated carbocycles. The Morgan fingerprint density at radius 2 is 1.62 bits per heavy atom. The molecular formula is C26H25NO4S. The number of hydrogen-bond donors (Lipinski definition) is 0. The summed E-state index contributed by atoms with van der Waals surface area (Å²) in [6.07, 6.45) is 1.33. The molecule has 0 aliphatic carbocycles. The second-order valence-electron chi connectivity index (χ2n) is 7.60. The summed E-state index contributed by atoms with van der Waals surface area (Å²) in [4.78, 5) is -0.303. The lowest BCUT2D eigenvalue weighted by atomic mass is 10.1. The zero-order valence-electron chi connectivity index (χ0n) is 18.5. The highest BCUT2D eigenvalue weighted by Crippen LogP contribution is 2.34. The van der Waals surface area contributed by atoms with Crippen LogP contribution in [-0.4, -0.2) is 15.5 Å². The highest BCUT2D eigenvalue weighted by molar-refractivity contribution is 7.95. The molecule has 3 rings (SSSR count). The quantitative estimate of drug-likeness (QED) is 0.445. The third kappa shape index (κ3) is 5.19. The predicted molar refractivity (Wildman–Crippen MR) is 125 cm³/mol. The van der Waals surface area contributed by atoms with Gasteiger partial charge in [-0.3, -0.25) is 0 Å². The summed E-state index contributed by atoms with van der Waals surface area (Å²) >= 11 is 0. The minimum atomic E-state index is -3.98. The van der Waals surface area contributed by atoms with Crippen molar-refractivity contribution < 1.29 is 17.9 Å². The number of allylic oxidation sites excluding steroid dienone is 1. The lowest BCUT2D eigenvalue weighted by Crippen LogP contribution is -2.04. The van der Waals surface area contributed by atoms with Crippen LogP contribution in [0.3, 0.4) is 0 Å². The molecule has 0 amide bonds. The highest BCUT2D eigenvalue weighted by Gasteiger charge is 2.22. The molecule has 0 heterocycles. The first-order valence-electron chi connectivity index (χ1n) is 10.0. The van der Waals surface area contributed by atoms with Crippen LogP contribution in [0.15, 0.2) is 70.5 Å². The summed E-state index contributed by atoms with van der Waals surface area (Å²) in [5.41, 5.74) is 4.61. The Hall–Kier alpha value is -3.56. The molecule has 164 valence electrons. The summed E-state index contributed by atoms with van der Waals surface area (Å²) < 4.78 is 37.6. The number of para-hydroxylation sites is 1. The number of methoxy groups -OCH3 is 1. The summed E-state index contributed by atoms with van der Waals surface area (Å²) in [5, 5.41) is 9.66. The van der Waals surface area contributed by atoms with Gasteiger partial charge in [0.05, 0.1) is 12.0 Å². The molecule has 0 atom stereocenters. The molecule has 0 aliphatic rings. The van der Waals surface area contributed by atoms with Crippen molar-refractivity contribution in [1.29, 1.82) is 5.26 Å². The zero-order valence-corrected chi connectivity index (χ0v) is 19.4. The van der Waals surface area contributed by atoms with E-state index in [0.29, 0.717) is 17.1 Å². The molecule has 32 heavy (non-hydrogen) atoms. The van der Waals surface area contributed by atoms with Crippen LogP contribution in [0.5, 0.6) is 11.5 Å². The van der Waals surface area contributed by atoms with Crippen molar-refractivity contribution >= 4 is 15.9 Å². The monoisotopic (exact) mass is 447 g/mol. The molecule has 0 saturated heterocycles. The van der Waals surface area contributed by atoms with Crippen LogP contribution in [-0.2, 0) is 16.4 Å². The first-order valence-corrected chi connectivity index (χ1v) is 11.5. The molecule has 3 aromatic rings. The van der Waals surface area contributed by atoms with Crippen LogP contribution in [0, 0.1) is 32.1 Å². The fraction of sp³-hybridized carbons (Fsp3) is 0.192. The van der Waals surface area contributed by atoms with Gasteiger partial charge in [-0.15, -0.1) is 0 Å². The Morgan fingerprint density at radius 3 is 2.22 bits per heavy atom. The molecule has 0 fully saturated rings. The molecule has 0 aliphatic heterocycles. The maximum Gasteiger partial charge on any atom is 0.216 e. The normalized spacial score (nSPS) is 11.7. The van der Waals surface area contributed by atoms with Crippen molar-refractivity contribution in [3.05, 3.63) is 93.4 Å². The van der Waals surface area contributed by atoms with E-state index in [1.54, 1.807) is 30.3 Å². The molecule has 0 radical (unpaired) electrons. The van der Waals surface area contributed by atoms with Gasteiger partial charge in [0.1, 0.15) is 17.6 Å². The van der Waals surface area contributed by atoms with Crippen LogP contribution in [0.25, 0.3) is 6.08 Å². The number of rotatable bonds is 7.